The molecule has 0 radical (unpaired) electrons. The number of ether oxygens (including phenoxy) is 1. The van der Waals surface area contributed by atoms with Crippen LogP contribution in [0.3, 0.4) is 0 Å². The molecular formula is C22H18N4O2. The number of nitrogens with zero attached hydrogens (tertiary/aromatic N) is 3. The van der Waals surface area contributed by atoms with Crippen LogP contribution in [0.15, 0.2) is 77.9 Å². The van der Waals surface area contributed by atoms with Crippen LogP contribution >= 0.6 is 0 Å². The Labute approximate surface area is 160 Å². The van der Waals surface area contributed by atoms with Crippen LogP contribution in [-0.2, 0) is 13.6 Å². The van der Waals surface area contributed by atoms with Crippen molar-refractivity contribution >= 4 is 22.1 Å². The predicted octanol–water partition coefficient (Wildman–Crippen LogP) is 4.06. The van der Waals surface area contributed by atoms with Crippen LogP contribution in [0.2, 0.25) is 0 Å². The summed E-state index contributed by atoms with van der Waals surface area (Å²) in [6.45, 7) is 0.444. The van der Waals surface area contributed by atoms with Crippen LogP contribution in [0.1, 0.15) is 5.56 Å². The van der Waals surface area contributed by atoms with Crippen molar-refractivity contribution in [3.63, 3.8) is 0 Å². The fourth-order valence-electron chi connectivity index (χ4n) is 3.58. The van der Waals surface area contributed by atoms with Gasteiger partial charge in [0.25, 0.3) is 0 Å². The highest BCUT2D eigenvalue weighted by molar-refractivity contribution is 6.01. The maximum atomic E-state index is 12.9. The van der Waals surface area contributed by atoms with Crippen LogP contribution in [0.4, 0.5) is 0 Å². The van der Waals surface area contributed by atoms with E-state index in [0.29, 0.717) is 6.54 Å². The Morgan fingerprint density at radius 3 is 2.71 bits per heavy atom. The van der Waals surface area contributed by atoms with Gasteiger partial charge >= 0.3 is 5.69 Å². The van der Waals surface area contributed by atoms with Gasteiger partial charge in [-0.1, -0.05) is 30.3 Å². The minimum absolute atomic E-state index is 0.0696. The lowest BCUT2D eigenvalue weighted by Gasteiger charge is -2.08. The van der Waals surface area contributed by atoms with Crippen LogP contribution in [0, 0.1) is 0 Å². The highest BCUT2D eigenvalue weighted by Crippen LogP contribution is 2.24. The van der Waals surface area contributed by atoms with Gasteiger partial charge in [0.2, 0.25) is 0 Å². The van der Waals surface area contributed by atoms with Crippen molar-refractivity contribution in [2.24, 2.45) is 7.05 Å². The van der Waals surface area contributed by atoms with Gasteiger partial charge < -0.3 is 9.72 Å². The smallest absolute Gasteiger partial charge is 0.329 e. The number of nitrogens with one attached hydrogen (secondary N) is 1. The van der Waals surface area contributed by atoms with Gasteiger partial charge in [0.15, 0.2) is 0 Å². The molecule has 2 aromatic carbocycles. The van der Waals surface area contributed by atoms with Gasteiger partial charge in [0.05, 0.1) is 23.8 Å². The molecule has 3 heterocycles. The van der Waals surface area contributed by atoms with Crippen LogP contribution in [0.25, 0.3) is 22.1 Å². The predicted molar refractivity (Wildman–Crippen MR) is 109 cm³/mol. The maximum absolute atomic E-state index is 12.9. The number of benzene rings is 2. The second kappa shape index (κ2) is 6.42. The summed E-state index contributed by atoms with van der Waals surface area (Å²) in [5.41, 5.74) is 3.39. The second-order valence-corrected chi connectivity index (χ2v) is 6.72. The van der Waals surface area contributed by atoms with Crippen molar-refractivity contribution in [3.05, 3.63) is 89.1 Å². The Morgan fingerprint density at radius 2 is 1.86 bits per heavy atom. The molecular weight excluding hydrogens is 352 g/mol. The van der Waals surface area contributed by atoms with Crippen molar-refractivity contribution < 1.29 is 4.74 Å². The molecule has 5 aromatic rings. The number of hydrogen-bond donors (Lipinski definition) is 1. The number of imidazole rings is 1. The molecule has 0 atom stereocenters. The molecule has 0 spiro atoms. The molecule has 6 nitrogen and oxygen atoms in total. The average Bonchev–Trinajstić information content (AvgIpc) is 3.28. The molecule has 0 aliphatic carbocycles. The van der Waals surface area contributed by atoms with Crippen molar-refractivity contribution in [1.29, 1.82) is 0 Å². The molecule has 5 rings (SSSR count). The van der Waals surface area contributed by atoms with Gasteiger partial charge in [0.1, 0.15) is 17.1 Å². The number of pyridine rings is 1. The Bertz CT molecular complexity index is 1350. The van der Waals surface area contributed by atoms with E-state index in [-0.39, 0.29) is 5.69 Å². The lowest BCUT2D eigenvalue weighted by Crippen LogP contribution is -2.22. The van der Waals surface area contributed by atoms with E-state index in [0.717, 1.165) is 39.1 Å². The highest BCUT2D eigenvalue weighted by atomic mass is 16.5. The molecule has 0 aliphatic rings. The number of aromatic nitrogens is 4. The third kappa shape index (κ3) is 2.66. The molecule has 0 fully saturated rings. The molecule has 0 saturated carbocycles. The second-order valence-electron chi connectivity index (χ2n) is 6.72. The summed E-state index contributed by atoms with van der Waals surface area (Å²) in [6.07, 6.45) is 3.59. The molecule has 0 aliphatic heterocycles. The molecule has 0 unspecified atom stereocenters. The largest absolute Gasteiger partial charge is 0.457 e. The summed E-state index contributed by atoms with van der Waals surface area (Å²) in [7, 11) is 1.79. The van der Waals surface area contributed by atoms with E-state index < -0.39 is 0 Å². The maximum Gasteiger partial charge on any atom is 0.329 e. The summed E-state index contributed by atoms with van der Waals surface area (Å²) in [5, 5.41) is 0.942. The lowest BCUT2D eigenvalue weighted by molar-refractivity contribution is 0.481. The summed E-state index contributed by atoms with van der Waals surface area (Å²) >= 11 is 0. The number of fused-ring (bicyclic) bond motifs is 3. The standard InChI is InChI=1S/C22H18N4O2/c1-25-20-18-10-11-23-21(18)24-13-19(20)26(22(25)27)14-15-6-5-9-17(12-15)28-16-7-3-2-4-8-16/h2-13H,14H2,1H3,(H,23,24). The van der Waals surface area contributed by atoms with Crippen LogP contribution in [-0.4, -0.2) is 19.1 Å². The summed E-state index contributed by atoms with van der Waals surface area (Å²) < 4.78 is 9.34. The number of rotatable bonds is 4. The first-order valence-corrected chi connectivity index (χ1v) is 9.04. The minimum Gasteiger partial charge on any atom is -0.457 e. The first kappa shape index (κ1) is 16.4. The number of H-pyrrole nitrogens is 1. The topological polar surface area (TPSA) is 64.8 Å². The molecule has 6 heteroatoms. The average molecular weight is 370 g/mol. The van der Waals surface area contributed by atoms with Gasteiger partial charge in [-0.3, -0.25) is 9.13 Å². The third-order valence-corrected chi connectivity index (χ3v) is 4.90. The van der Waals surface area contributed by atoms with Gasteiger partial charge in [-0.05, 0) is 35.9 Å². The zero-order chi connectivity index (χ0) is 19.1. The van der Waals surface area contributed by atoms with Gasteiger partial charge in [-0.25, -0.2) is 9.78 Å². The van der Waals surface area contributed by atoms with E-state index in [1.807, 2.05) is 66.9 Å². The van der Waals surface area contributed by atoms with Crippen molar-refractivity contribution in [1.82, 2.24) is 19.1 Å². The number of aromatic amines is 1. The lowest BCUT2D eigenvalue weighted by atomic mass is 10.2. The summed E-state index contributed by atoms with van der Waals surface area (Å²) in [4.78, 5) is 20.4. The first-order valence-electron chi connectivity index (χ1n) is 9.04. The molecule has 138 valence electrons. The van der Waals surface area contributed by atoms with Gasteiger partial charge in [-0.15, -0.1) is 0 Å². The Hall–Kier alpha value is -3.80. The van der Waals surface area contributed by atoms with E-state index in [1.165, 1.54) is 0 Å². The Morgan fingerprint density at radius 1 is 1.04 bits per heavy atom. The zero-order valence-electron chi connectivity index (χ0n) is 15.3. The Balaban J connectivity index is 1.55. The zero-order valence-corrected chi connectivity index (χ0v) is 15.3. The quantitative estimate of drug-likeness (QED) is 0.519. The van der Waals surface area contributed by atoms with Crippen LogP contribution in [0.5, 0.6) is 11.5 Å². The number of aryl methyl sites for hydroxylation is 1. The molecule has 3 aromatic heterocycles. The first-order chi connectivity index (χ1) is 13.7. The molecule has 0 bridgehead atoms. The molecule has 1 N–H and O–H groups in total. The molecule has 0 amide bonds. The fraction of sp³-hybridized carbons (Fsp3) is 0.0909. The van der Waals surface area contributed by atoms with Gasteiger partial charge in [-0.2, -0.15) is 0 Å². The monoisotopic (exact) mass is 370 g/mol. The molecule has 0 saturated heterocycles. The number of para-hydroxylation sites is 1. The third-order valence-electron chi connectivity index (χ3n) is 4.90. The summed E-state index contributed by atoms with van der Waals surface area (Å²) in [5.74, 6) is 1.52. The number of hydrogen-bond acceptors (Lipinski definition) is 3. The van der Waals surface area contributed by atoms with E-state index in [1.54, 1.807) is 22.4 Å². The van der Waals surface area contributed by atoms with E-state index in [2.05, 4.69) is 9.97 Å². The van der Waals surface area contributed by atoms with E-state index >= 15 is 0 Å². The summed E-state index contributed by atoms with van der Waals surface area (Å²) in [6, 6.07) is 19.4. The van der Waals surface area contributed by atoms with E-state index in [9.17, 15) is 4.79 Å². The fourth-order valence-corrected chi connectivity index (χ4v) is 3.58. The van der Waals surface area contributed by atoms with E-state index in [4.69, 9.17) is 4.74 Å². The normalized spacial score (nSPS) is 11.3. The minimum atomic E-state index is -0.0696. The van der Waals surface area contributed by atoms with Crippen molar-refractivity contribution in [2.45, 2.75) is 6.54 Å². The van der Waals surface area contributed by atoms with Crippen LogP contribution < -0.4 is 10.4 Å². The van der Waals surface area contributed by atoms with Crippen molar-refractivity contribution in [3.8, 4) is 11.5 Å². The molecule has 28 heavy (non-hydrogen) atoms. The van der Waals surface area contributed by atoms with Crippen molar-refractivity contribution in [2.75, 3.05) is 0 Å². The van der Waals surface area contributed by atoms with Gasteiger partial charge in [0, 0.05) is 18.6 Å². The highest BCUT2D eigenvalue weighted by Gasteiger charge is 2.15. The SMILES string of the molecule is Cn1c(=O)n(Cc2cccc(Oc3ccccc3)c2)c2cnc3[nH]ccc3c21. The Kier molecular flexibility index (Phi) is 3.76.